The molecule has 1 saturated carbocycles. The van der Waals surface area contributed by atoms with Gasteiger partial charge in [0.15, 0.2) is 0 Å². The van der Waals surface area contributed by atoms with E-state index in [2.05, 4.69) is 4.72 Å². The SMILES string of the molecule is O=C(O)c1sccc1S(=O)(=O)NCC1(c2ccccc2)CCC1. The smallest absolute Gasteiger partial charge is 0.347 e. The average Bonchev–Trinajstić information content (AvgIpc) is 2.98. The summed E-state index contributed by atoms with van der Waals surface area (Å²) >= 11 is 0.915. The number of nitrogens with one attached hydrogen (secondary N) is 1. The van der Waals surface area contributed by atoms with E-state index in [0.29, 0.717) is 0 Å². The number of hydrogen-bond acceptors (Lipinski definition) is 4. The summed E-state index contributed by atoms with van der Waals surface area (Å²) in [6.45, 7) is 0.286. The fraction of sp³-hybridized carbons (Fsp3) is 0.312. The van der Waals surface area contributed by atoms with E-state index >= 15 is 0 Å². The molecule has 0 bridgehead atoms. The van der Waals surface area contributed by atoms with Gasteiger partial charge in [0.05, 0.1) is 0 Å². The molecule has 23 heavy (non-hydrogen) atoms. The topological polar surface area (TPSA) is 83.5 Å². The highest BCUT2D eigenvalue weighted by atomic mass is 32.2. The van der Waals surface area contributed by atoms with Crippen LogP contribution in [0, 0.1) is 0 Å². The van der Waals surface area contributed by atoms with Gasteiger partial charge in [-0.15, -0.1) is 11.3 Å². The first-order chi connectivity index (χ1) is 10.9. The maximum atomic E-state index is 12.5. The van der Waals surface area contributed by atoms with Crippen molar-refractivity contribution in [3.8, 4) is 0 Å². The molecule has 0 aliphatic heterocycles. The molecule has 0 spiro atoms. The lowest BCUT2D eigenvalue weighted by molar-refractivity contribution is 0.0698. The molecule has 7 heteroatoms. The van der Waals surface area contributed by atoms with Crippen LogP contribution in [0.2, 0.25) is 0 Å². The molecular weight excluding hydrogens is 334 g/mol. The quantitative estimate of drug-likeness (QED) is 0.838. The van der Waals surface area contributed by atoms with Gasteiger partial charge >= 0.3 is 5.97 Å². The van der Waals surface area contributed by atoms with E-state index in [1.54, 1.807) is 0 Å². The molecule has 1 aliphatic rings. The van der Waals surface area contributed by atoms with E-state index in [9.17, 15) is 13.2 Å². The average molecular weight is 351 g/mol. The van der Waals surface area contributed by atoms with Gasteiger partial charge in [-0.05, 0) is 29.9 Å². The summed E-state index contributed by atoms with van der Waals surface area (Å²) in [5.41, 5.74) is 0.936. The van der Waals surface area contributed by atoms with E-state index in [1.165, 1.54) is 11.4 Å². The molecule has 0 saturated heterocycles. The van der Waals surface area contributed by atoms with Gasteiger partial charge in [0.25, 0.3) is 0 Å². The van der Waals surface area contributed by atoms with Crippen LogP contribution >= 0.6 is 11.3 Å². The van der Waals surface area contributed by atoms with E-state index < -0.39 is 16.0 Å². The van der Waals surface area contributed by atoms with Crippen molar-refractivity contribution >= 4 is 27.3 Å². The zero-order valence-electron chi connectivity index (χ0n) is 12.4. The highest BCUT2D eigenvalue weighted by Crippen LogP contribution is 2.43. The largest absolute Gasteiger partial charge is 0.477 e. The van der Waals surface area contributed by atoms with Gasteiger partial charge in [0.1, 0.15) is 9.77 Å². The van der Waals surface area contributed by atoms with Gasteiger partial charge in [0, 0.05) is 12.0 Å². The Labute approximate surface area is 139 Å². The van der Waals surface area contributed by atoms with Crippen molar-refractivity contribution in [2.75, 3.05) is 6.54 Å². The van der Waals surface area contributed by atoms with Gasteiger partial charge in [-0.25, -0.2) is 17.9 Å². The Hall–Kier alpha value is -1.70. The Balaban J connectivity index is 1.82. The molecule has 2 N–H and O–H groups in total. The van der Waals surface area contributed by atoms with Crippen LogP contribution in [0.4, 0.5) is 0 Å². The number of hydrogen-bond donors (Lipinski definition) is 2. The minimum atomic E-state index is -3.83. The van der Waals surface area contributed by atoms with Gasteiger partial charge in [-0.3, -0.25) is 0 Å². The van der Waals surface area contributed by atoms with Gasteiger partial charge < -0.3 is 5.11 Å². The van der Waals surface area contributed by atoms with Gasteiger partial charge in [0.2, 0.25) is 10.0 Å². The van der Waals surface area contributed by atoms with Crippen molar-refractivity contribution in [3.05, 3.63) is 52.2 Å². The predicted molar refractivity (Wildman–Crippen MR) is 88.4 cm³/mol. The number of rotatable bonds is 6. The molecule has 2 aromatic rings. The minimum absolute atomic E-state index is 0.153. The molecule has 0 unspecified atom stereocenters. The van der Waals surface area contributed by atoms with Crippen LogP contribution in [0.1, 0.15) is 34.5 Å². The highest BCUT2D eigenvalue weighted by Gasteiger charge is 2.39. The van der Waals surface area contributed by atoms with Gasteiger partial charge in [-0.1, -0.05) is 36.8 Å². The summed E-state index contributed by atoms with van der Waals surface area (Å²) in [5, 5.41) is 10.6. The third-order valence-electron chi connectivity index (χ3n) is 4.41. The number of carbonyl (C=O) groups is 1. The number of carboxylic acids is 1. The molecule has 0 radical (unpaired) electrons. The van der Waals surface area contributed by atoms with Crippen molar-refractivity contribution in [2.45, 2.75) is 29.6 Å². The Morgan fingerprint density at radius 2 is 1.91 bits per heavy atom. The van der Waals surface area contributed by atoms with E-state index in [-0.39, 0.29) is 21.7 Å². The molecule has 0 amide bonds. The number of thiophene rings is 1. The first-order valence-corrected chi connectivity index (χ1v) is 9.67. The van der Waals surface area contributed by atoms with Crippen molar-refractivity contribution in [1.29, 1.82) is 0 Å². The summed E-state index contributed by atoms with van der Waals surface area (Å²) in [7, 11) is -3.83. The molecular formula is C16H17NO4S2. The second-order valence-corrected chi connectivity index (χ2v) is 8.40. The van der Waals surface area contributed by atoms with Crippen LogP contribution in [0.3, 0.4) is 0 Å². The summed E-state index contributed by atoms with van der Waals surface area (Å²) < 4.78 is 27.6. The Bertz CT molecular complexity index is 808. The van der Waals surface area contributed by atoms with Crippen molar-refractivity contribution < 1.29 is 18.3 Å². The van der Waals surface area contributed by atoms with Crippen molar-refractivity contribution in [3.63, 3.8) is 0 Å². The Kier molecular flexibility index (Phi) is 4.27. The summed E-state index contributed by atoms with van der Waals surface area (Å²) in [5.74, 6) is -1.22. The fourth-order valence-corrected chi connectivity index (χ4v) is 5.32. The molecule has 3 rings (SSSR count). The number of benzene rings is 1. The maximum absolute atomic E-state index is 12.5. The molecule has 1 fully saturated rings. The lowest BCUT2D eigenvalue weighted by Gasteiger charge is -2.42. The Morgan fingerprint density at radius 3 is 2.48 bits per heavy atom. The number of aromatic carboxylic acids is 1. The molecule has 1 aromatic carbocycles. The van der Waals surface area contributed by atoms with Crippen LogP contribution < -0.4 is 4.72 Å². The van der Waals surface area contributed by atoms with E-state index in [4.69, 9.17) is 5.11 Å². The monoisotopic (exact) mass is 351 g/mol. The van der Waals surface area contributed by atoms with Crippen LogP contribution in [0.5, 0.6) is 0 Å². The summed E-state index contributed by atoms with van der Waals surface area (Å²) in [4.78, 5) is 10.8. The number of carboxylic acid groups (broad SMARTS) is 1. The molecule has 1 heterocycles. The van der Waals surface area contributed by atoms with Crippen LogP contribution in [-0.4, -0.2) is 26.0 Å². The summed E-state index contributed by atoms with van der Waals surface area (Å²) in [6, 6.07) is 11.2. The van der Waals surface area contributed by atoms with E-state index in [1.807, 2.05) is 30.3 Å². The van der Waals surface area contributed by atoms with Crippen molar-refractivity contribution in [2.24, 2.45) is 0 Å². The Morgan fingerprint density at radius 1 is 1.22 bits per heavy atom. The van der Waals surface area contributed by atoms with E-state index in [0.717, 1.165) is 36.2 Å². The first kappa shape index (κ1) is 16.2. The molecule has 1 aromatic heterocycles. The van der Waals surface area contributed by atoms with Crippen LogP contribution in [-0.2, 0) is 15.4 Å². The highest BCUT2D eigenvalue weighted by molar-refractivity contribution is 7.89. The minimum Gasteiger partial charge on any atom is -0.477 e. The molecule has 5 nitrogen and oxygen atoms in total. The normalized spacial score (nSPS) is 16.7. The first-order valence-electron chi connectivity index (χ1n) is 7.31. The molecule has 1 aliphatic carbocycles. The second-order valence-electron chi connectivity index (χ2n) is 5.74. The zero-order valence-corrected chi connectivity index (χ0v) is 14.0. The fourth-order valence-electron chi connectivity index (χ4n) is 2.94. The predicted octanol–water partition coefficient (Wildman–Crippen LogP) is 2.85. The van der Waals surface area contributed by atoms with Gasteiger partial charge in [-0.2, -0.15) is 0 Å². The van der Waals surface area contributed by atoms with Crippen molar-refractivity contribution in [1.82, 2.24) is 4.72 Å². The maximum Gasteiger partial charge on any atom is 0.347 e. The zero-order chi connectivity index (χ0) is 16.5. The summed E-state index contributed by atoms with van der Waals surface area (Å²) in [6.07, 6.45) is 2.92. The second kappa shape index (κ2) is 6.07. The molecule has 122 valence electrons. The third-order valence-corrected chi connectivity index (χ3v) is 6.89. The van der Waals surface area contributed by atoms with Crippen LogP contribution in [0.25, 0.3) is 0 Å². The van der Waals surface area contributed by atoms with Crippen LogP contribution in [0.15, 0.2) is 46.7 Å². The standard InChI is InChI=1S/C16H17NO4S2/c18-15(19)14-13(7-10-22-14)23(20,21)17-11-16(8-4-9-16)12-5-2-1-3-6-12/h1-3,5-7,10,17H,4,8-9,11H2,(H,18,19). The third kappa shape index (κ3) is 3.04. The lowest BCUT2D eigenvalue weighted by Crippen LogP contribution is -2.45. The number of sulfonamides is 1. The lowest BCUT2D eigenvalue weighted by atomic mass is 9.64. The molecule has 0 atom stereocenters.